The molecule has 0 atom stereocenters. The predicted octanol–water partition coefficient (Wildman–Crippen LogP) is 3.69. The van der Waals surface area contributed by atoms with Crippen LogP contribution in [0.1, 0.15) is 0 Å². The van der Waals surface area contributed by atoms with Crippen molar-refractivity contribution in [3.05, 3.63) is 24.4 Å². The van der Waals surface area contributed by atoms with Crippen LogP contribution in [-0.2, 0) is 0 Å². The van der Waals surface area contributed by atoms with Crippen LogP contribution in [0.5, 0.6) is 0 Å². The maximum atomic E-state index is 5.81. The number of rotatable bonds is 0. The highest BCUT2D eigenvalue weighted by Crippen LogP contribution is 2.28. The van der Waals surface area contributed by atoms with Crippen LogP contribution in [0, 0.1) is 7.14 Å². The van der Waals surface area contributed by atoms with E-state index in [-0.39, 0.29) is 0 Å². The molecule has 12 heavy (non-hydrogen) atoms. The zero-order chi connectivity index (χ0) is 8.72. The Balaban J connectivity index is 2.92. The normalized spacial score (nSPS) is 10.9. The average molecular weight is 405 g/mol. The average Bonchev–Trinajstić information content (AvgIpc) is 2.33. The fourth-order valence-corrected chi connectivity index (χ4v) is 3.06. The van der Waals surface area contributed by atoms with Crippen LogP contribution in [0.15, 0.2) is 16.7 Å². The van der Waals surface area contributed by atoms with Crippen molar-refractivity contribution in [1.82, 2.24) is 5.16 Å². The minimum Gasteiger partial charge on any atom is -0.354 e. The molecule has 2 rings (SSSR count). The standard InChI is InChI=1S/C7H2ClI2NO/c8-7-4-1-3(9)2-5(10)6(4)12-11-7/h1-2H. The highest BCUT2D eigenvalue weighted by molar-refractivity contribution is 14.1. The number of hydrogen-bond donors (Lipinski definition) is 0. The van der Waals surface area contributed by atoms with Gasteiger partial charge in [0.2, 0.25) is 0 Å². The van der Waals surface area contributed by atoms with Gasteiger partial charge in [0.15, 0.2) is 10.7 Å². The first-order chi connectivity index (χ1) is 5.68. The van der Waals surface area contributed by atoms with Crippen molar-refractivity contribution in [2.45, 2.75) is 0 Å². The molecular formula is C7H2ClI2NO. The smallest absolute Gasteiger partial charge is 0.181 e. The van der Waals surface area contributed by atoms with Gasteiger partial charge in [0.25, 0.3) is 0 Å². The fourth-order valence-electron chi connectivity index (χ4n) is 0.941. The molecule has 0 amide bonds. The topological polar surface area (TPSA) is 26.0 Å². The van der Waals surface area contributed by atoms with Gasteiger partial charge in [-0.25, -0.2) is 0 Å². The van der Waals surface area contributed by atoms with Crippen LogP contribution in [0.4, 0.5) is 0 Å². The monoisotopic (exact) mass is 405 g/mol. The molecule has 0 N–H and O–H groups in total. The molecule has 2 aromatic rings. The predicted molar refractivity (Wildman–Crippen MR) is 64.5 cm³/mol. The van der Waals surface area contributed by atoms with E-state index in [4.69, 9.17) is 16.1 Å². The van der Waals surface area contributed by atoms with Gasteiger partial charge in [0, 0.05) is 3.57 Å². The summed E-state index contributed by atoms with van der Waals surface area (Å²) in [6, 6.07) is 3.97. The maximum absolute atomic E-state index is 5.81. The lowest BCUT2D eigenvalue weighted by molar-refractivity contribution is 0.455. The van der Waals surface area contributed by atoms with Crippen LogP contribution in [-0.4, -0.2) is 5.16 Å². The first-order valence-electron chi connectivity index (χ1n) is 3.08. The Morgan fingerprint density at radius 2 is 2.08 bits per heavy atom. The summed E-state index contributed by atoms with van der Waals surface area (Å²) in [4.78, 5) is 0. The SMILES string of the molecule is Clc1noc2c(I)cc(I)cc12. The third-order valence-electron chi connectivity index (χ3n) is 1.45. The summed E-state index contributed by atoms with van der Waals surface area (Å²) in [6.07, 6.45) is 0. The molecule has 1 aromatic carbocycles. The molecule has 2 nitrogen and oxygen atoms in total. The van der Waals surface area contributed by atoms with E-state index in [9.17, 15) is 0 Å². The Hall–Kier alpha value is 0.440. The molecule has 1 aromatic heterocycles. The quantitative estimate of drug-likeness (QED) is 0.625. The number of aromatic nitrogens is 1. The molecule has 0 aliphatic rings. The first kappa shape index (κ1) is 9.01. The lowest BCUT2D eigenvalue weighted by atomic mass is 10.3. The molecule has 62 valence electrons. The lowest BCUT2D eigenvalue weighted by Crippen LogP contribution is -1.75. The first-order valence-corrected chi connectivity index (χ1v) is 5.62. The summed E-state index contributed by atoms with van der Waals surface area (Å²) in [5, 5.41) is 4.99. The minimum absolute atomic E-state index is 0.432. The van der Waals surface area contributed by atoms with Gasteiger partial charge >= 0.3 is 0 Å². The van der Waals surface area contributed by atoms with Crippen molar-refractivity contribution >= 4 is 67.8 Å². The second-order valence-electron chi connectivity index (χ2n) is 2.24. The van der Waals surface area contributed by atoms with Crippen molar-refractivity contribution in [3.63, 3.8) is 0 Å². The molecule has 0 spiro atoms. The fraction of sp³-hybridized carbons (Fsp3) is 0. The van der Waals surface area contributed by atoms with Gasteiger partial charge in [-0.1, -0.05) is 16.8 Å². The van der Waals surface area contributed by atoms with Gasteiger partial charge in [-0.3, -0.25) is 0 Å². The van der Waals surface area contributed by atoms with Gasteiger partial charge < -0.3 is 4.52 Å². The van der Waals surface area contributed by atoms with E-state index in [0.29, 0.717) is 5.15 Å². The molecule has 0 radical (unpaired) electrons. The van der Waals surface area contributed by atoms with Gasteiger partial charge in [-0.15, -0.1) is 0 Å². The van der Waals surface area contributed by atoms with Crippen LogP contribution in [0.25, 0.3) is 11.0 Å². The minimum atomic E-state index is 0.432. The number of benzene rings is 1. The van der Waals surface area contributed by atoms with Gasteiger partial charge in [-0.2, -0.15) is 0 Å². The summed E-state index contributed by atoms with van der Waals surface area (Å²) in [5.41, 5.74) is 0.765. The Labute approximate surface area is 101 Å². The third kappa shape index (κ3) is 1.44. The molecule has 0 fully saturated rings. The van der Waals surface area contributed by atoms with Crippen molar-refractivity contribution < 1.29 is 4.52 Å². The molecule has 1 heterocycles. The van der Waals surface area contributed by atoms with E-state index in [1.54, 1.807) is 0 Å². The zero-order valence-corrected chi connectivity index (χ0v) is 10.7. The van der Waals surface area contributed by atoms with Crippen molar-refractivity contribution in [1.29, 1.82) is 0 Å². The number of nitrogens with zero attached hydrogens (tertiary/aromatic N) is 1. The molecule has 0 aliphatic carbocycles. The Kier molecular flexibility index (Phi) is 2.48. The summed E-state index contributed by atoms with van der Waals surface area (Å²) in [7, 11) is 0. The van der Waals surface area contributed by atoms with E-state index in [0.717, 1.165) is 18.1 Å². The summed E-state index contributed by atoms with van der Waals surface area (Å²) in [6.45, 7) is 0. The van der Waals surface area contributed by atoms with Crippen molar-refractivity contribution in [2.75, 3.05) is 0 Å². The van der Waals surface area contributed by atoms with Crippen molar-refractivity contribution in [3.8, 4) is 0 Å². The zero-order valence-electron chi connectivity index (χ0n) is 5.64. The Morgan fingerprint density at radius 3 is 2.83 bits per heavy atom. The summed E-state index contributed by atoms with van der Waals surface area (Å²) < 4.78 is 7.21. The van der Waals surface area contributed by atoms with Gasteiger partial charge in [0.05, 0.1) is 8.96 Å². The molecule has 0 saturated carbocycles. The van der Waals surface area contributed by atoms with Crippen LogP contribution in [0.3, 0.4) is 0 Å². The van der Waals surface area contributed by atoms with E-state index in [1.165, 1.54) is 0 Å². The summed E-state index contributed by atoms with van der Waals surface area (Å²) in [5.74, 6) is 0. The molecule has 5 heteroatoms. The molecule has 0 bridgehead atoms. The lowest BCUT2D eigenvalue weighted by Gasteiger charge is -1.92. The van der Waals surface area contributed by atoms with E-state index < -0.39 is 0 Å². The van der Waals surface area contributed by atoms with Gasteiger partial charge in [-0.05, 0) is 57.3 Å². The largest absolute Gasteiger partial charge is 0.354 e. The molecular weight excluding hydrogens is 403 g/mol. The van der Waals surface area contributed by atoms with E-state index >= 15 is 0 Å². The second-order valence-corrected chi connectivity index (χ2v) is 5.00. The van der Waals surface area contributed by atoms with Crippen molar-refractivity contribution in [2.24, 2.45) is 0 Å². The number of hydrogen-bond acceptors (Lipinski definition) is 2. The molecule has 0 saturated heterocycles. The Morgan fingerprint density at radius 1 is 1.33 bits per heavy atom. The number of halogens is 3. The maximum Gasteiger partial charge on any atom is 0.181 e. The Bertz CT molecular complexity index is 440. The third-order valence-corrected chi connectivity index (χ3v) is 3.14. The second kappa shape index (κ2) is 3.30. The van der Waals surface area contributed by atoms with Crippen LogP contribution in [0.2, 0.25) is 5.15 Å². The summed E-state index contributed by atoms with van der Waals surface area (Å²) >= 11 is 10.2. The van der Waals surface area contributed by atoms with E-state index in [2.05, 4.69) is 50.3 Å². The van der Waals surface area contributed by atoms with E-state index in [1.807, 2.05) is 12.1 Å². The van der Waals surface area contributed by atoms with Crippen LogP contribution >= 0.6 is 56.8 Å². The highest BCUT2D eigenvalue weighted by atomic mass is 127. The van der Waals surface area contributed by atoms with Gasteiger partial charge in [0.1, 0.15) is 0 Å². The highest BCUT2D eigenvalue weighted by Gasteiger charge is 2.09. The molecule has 0 unspecified atom stereocenters. The van der Waals surface area contributed by atoms with Crippen LogP contribution < -0.4 is 0 Å². The number of fused-ring (bicyclic) bond motifs is 1. The molecule has 0 aliphatic heterocycles.